The molecule has 0 bridgehead atoms. The number of alkyl halides is 3. The van der Waals surface area contributed by atoms with E-state index in [1.165, 1.54) is 12.1 Å². The summed E-state index contributed by atoms with van der Waals surface area (Å²) in [4.78, 5) is 3.55. The zero-order valence-electron chi connectivity index (χ0n) is 14.5. The van der Waals surface area contributed by atoms with E-state index in [0.29, 0.717) is 24.6 Å². The molecule has 1 fully saturated rings. The monoisotopic (exact) mass is 480 g/mol. The van der Waals surface area contributed by atoms with Crippen LogP contribution in [-0.2, 0) is 16.0 Å². The lowest BCUT2D eigenvalue weighted by molar-refractivity contribution is -0.137. The summed E-state index contributed by atoms with van der Waals surface area (Å²) in [6.07, 6.45) is -2.62. The van der Waals surface area contributed by atoms with Crippen molar-refractivity contribution < 1.29 is 26.0 Å². The fourth-order valence-corrected chi connectivity index (χ4v) is 5.55. The maximum atomic E-state index is 13.7. The summed E-state index contributed by atoms with van der Waals surface area (Å²) in [6.45, 7) is 0. The molecule has 3 rings (SSSR count). The van der Waals surface area contributed by atoms with E-state index in [1.54, 1.807) is 0 Å². The summed E-state index contributed by atoms with van der Waals surface area (Å²) in [5.41, 5.74) is 5.18. The molecule has 1 aliphatic rings. The quantitative estimate of drug-likeness (QED) is 0.621. The molecular formula is C18H17BrF4N2O2S. The van der Waals surface area contributed by atoms with Crippen LogP contribution in [0.1, 0.15) is 42.7 Å². The van der Waals surface area contributed by atoms with Crippen LogP contribution < -0.4 is 5.73 Å². The molecule has 0 saturated heterocycles. The molecular weight excluding hydrogens is 464 g/mol. The summed E-state index contributed by atoms with van der Waals surface area (Å²) < 4.78 is 78.3. The average Bonchev–Trinajstić information content (AvgIpc) is 2.63. The van der Waals surface area contributed by atoms with Gasteiger partial charge in [0.05, 0.1) is 20.2 Å². The van der Waals surface area contributed by atoms with Crippen LogP contribution in [0.2, 0.25) is 0 Å². The molecule has 2 aromatic rings. The molecule has 2 N–H and O–H groups in total. The Kier molecular flexibility index (Phi) is 5.73. The molecule has 1 aromatic carbocycles. The maximum Gasteiger partial charge on any atom is 0.417 e. The van der Waals surface area contributed by atoms with Crippen LogP contribution in [0, 0.1) is 5.82 Å². The molecule has 152 valence electrons. The van der Waals surface area contributed by atoms with Gasteiger partial charge in [-0.05, 0) is 77.4 Å². The normalized spacial score (nSPS) is 20.9. The number of nitrogens with zero attached hydrogens (tertiary/aromatic N) is 1. The third kappa shape index (κ3) is 4.17. The number of halogens is 5. The van der Waals surface area contributed by atoms with Gasteiger partial charge in [-0.3, -0.25) is 0 Å². The first-order valence-corrected chi connectivity index (χ1v) is 10.9. The number of anilines is 1. The smallest absolute Gasteiger partial charge is 0.383 e. The predicted molar refractivity (Wildman–Crippen MR) is 99.9 cm³/mol. The van der Waals surface area contributed by atoms with E-state index in [4.69, 9.17) is 5.73 Å². The number of rotatable bonds is 3. The summed E-state index contributed by atoms with van der Waals surface area (Å²) in [5, 5.41) is -0.718. The van der Waals surface area contributed by atoms with E-state index in [0.717, 1.165) is 12.1 Å². The standard InChI is InChI=1S/C18H17BrF4N2O2S/c19-15-6-5-13(8-16(15)20)28(26,27)12-3-1-10(2-4-12)14-7-11(18(21,22)23)9-25-17(14)24/h5-10,12H,1-4H2,(H2,24,25). The highest BCUT2D eigenvalue weighted by Gasteiger charge is 2.36. The second kappa shape index (κ2) is 7.62. The fraction of sp³-hybridized carbons (Fsp3) is 0.389. The van der Waals surface area contributed by atoms with Gasteiger partial charge in [-0.25, -0.2) is 17.8 Å². The maximum absolute atomic E-state index is 13.7. The van der Waals surface area contributed by atoms with Crippen molar-refractivity contribution in [1.82, 2.24) is 4.98 Å². The van der Waals surface area contributed by atoms with Crippen LogP contribution in [0.4, 0.5) is 23.4 Å². The third-order valence-electron chi connectivity index (χ3n) is 5.05. The van der Waals surface area contributed by atoms with Gasteiger partial charge in [-0.1, -0.05) is 0 Å². The Morgan fingerprint density at radius 3 is 2.32 bits per heavy atom. The van der Waals surface area contributed by atoms with Crippen molar-refractivity contribution in [3.05, 3.63) is 51.9 Å². The third-order valence-corrected chi connectivity index (χ3v) is 7.95. The van der Waals surface area contributed by atoms with E-state index in [9.17, 15) is 26.0 Å². The minimum absolute atomic E-state index is 0.0225. The first-order chi connectivity index (χ1) is 13.0. The van der Waals surface area contributed by atoms with Crippen LogP contribution in [0.25, 0.3) is 0 Å². The number of hydrogen-bond acceptors (Lipinski definition) is 4. The molecule has 4 nitrogen and oxygen atoms in total. The van der Waals surface area contributed by atoms with Gasteiger partial charge in [0.25, 0.3) is 0 Å². The second-order valence-electron chi connectivity index (χ2n) is 6.79. The number of hydrogen-bond donors (Lipinski definition) is 1. The van der Waals surface area contributed by atoms with Crippen molar-refractivity contribution in [3.8, 4) is 0 Å². The molecule has 0 unspecified atom stereocenters. The number of aromatic nitrogens is 1. The highest BCUT2D eigenvalue weighted by molar-refractivity contribution is 9.10. The van der Waals surface area contributed by atoms with Gasteiger partial charge < -0.3 is 5.73 Å². The van der Waals surface area contributed by atoms with Crippen molar-refractivity contribution in [2.45, 2.75) is 47.9 Å². The number of sulfone groups is 1. The Bertz CT molecular complexity index is 988. The summed E-state index contributed by atoms with van der Waals surface area (Å²) in [6, 6.07) is 4.64. The van der Waals surface area contributed by atoms with Crippen molar-refractivity contribution in [2.24, 2.45) is 0 Å². The molecule has 0 atom stereocenters. The van der Waals surface area contributed by atoms with Gasteiger partial charge >= 0.3 is 6.18 Å². The van der Waals surface area contributed by atoms with Crippen LogP contribution in [0.3, 0.4) is 0 Å². The summed E-state index contributed by atoms with van der Waals surface area (Å²) in [7, 11) is -3.74. The van der Waals surface area contributed by atoms with Crippen molar-refractivity contribution in [1.29, 1.82) is 0 Å². The summed E-state index contributed by atoms with van der Waals surface area (Å²) >= 11 is 2.98. The molecule has 0 aliphatic heterocycles. The minimum Gasteiger partial charge on any atom is -0.383 e. The average molecular weight is 481 g/mol. The summed E-state index contributed by atoms with van der Waals surface area (Å²) in [5.74, 6) is -0.949. The Morgan fingerprint density at radius 1 is 1.11 bits per heavy atom. The first kappa shape index (κ1) is 21.0. The second-order valence-corrected chi connectivity index (χ2v) is 9.87. The van der Waals surface area contributed by atoms with Crippen LogP contribution in [0.15, 0.2) is 39.8 Å². The molecule has 1 aromatic heterocycles. The molecule has 1 aliphatic carbocycles. The van der Waals surface area contributed by atoms with Crippen LogP contribution in [-0.4, -0.2) is 18.7 Å². The highest BCUT2D eigenvalue weighted by atomic mass is 79.9. The molecule has 0 spiro atoms. The molecule has 0 amide bonds. The topological polar surface area (TPSA) is 73.0 Å². The van der Waals surface area contributed by atoms with Crippen molar-refractivity contribution >= 4 is 31.6 Å². The molecule has 10 heteroatoms. The lowest BCUT2D eigenvalue weighted by Crippen LogP contribution is -2.27. The predicted octanol–water partition coefficient (Wildman–Crippen LogP) is 5.08. The minimum atomic E-state index is -4.53. The SMILES string of the molecule is Nc1ncc(C(F)(F)F)cc1C1CCC(S(=O)(=O)c2ccc(Br)c(F)c2)CC1. The highest BCUT2D eigenvalue weighted by Crippen LogP contribution is 2.40. The van der Waals surface area contributed by atoms with Crippen LogP contribution in [0.5, 0.6) is 0 Å². The molecule has 28 heavy (non-hydrogen) atoms. The molecule has 1 saturated carbocycles. The Hall–Kier alpha value is -1.68. The number of nitrogen functional groups attached to an aromatic ring is 1. The van der Waals surface area contributed by atoms with Gasteiger partial charge in [0, 0.05) is 6.20 Å². The first-order valence-electron chi connectivity index (χ1n) is 8.51. The number of benzene rings is 1. The largest absolute Gasteiger partial charge is 0.417 e. The Morgan fingerprint density at radius 2 is 1.75 bits per heavy atom. The van der Waals surface area contributed by atoms with Gasteiger partial charge in [0.2, 0.25) is 0 Å². The van der Waals surface area contributed by atoms with E-state index >= 15 is 0 Å². The van der Waals surface area contributed by atoms with E-state index in [-0.39, 0.29) is 33.9 Å². The zero-order chi connectivity index (χ0) is 20.7. The van der Waals surface area contributed by atoms with E-state index in [1.807, 2.05) is 0 Å². The zero-order valence-corrected chi connectivity index (χ0v) is 16.9. The van der Waals surface area contributed by atoms with E-state index in [2.05, 4.69) is 20.9 Å². The van der Waals surface area contributed by atoms with Gasteiger partial charge in [0.15, 0.2) is 9.84 Å². The number of nitrogens with two attached hydrogens (primary N) is 1. The lowest BCUT2D eigenvalue weighted by atomic mass is 9.83. The van der Waals surface area contributed by atoms with Gasteiger partial charge in [-0.2, -0.15) is 13.2 Å². The fourth-order valence-electron chi connectivity index (χ4n) is 3.50. The molecule has 1 heterocycles. The van der Waals surface area contributed by atoms with Gasteiger partial charge in [-0.15, -0.1) is 0 Å². The van der Waals surface area contributed by atoms with Crippen LogP contribution >= 0.6 is 15.9 Å². The van der Waals surface area contributed by atoms with Crippen molar-refractivity contribution in [2.75, 3.05) is 5.73 Å². The van der Waals surface area contributed by atoms with Crippen molar-refractivity contribution in [3.63, 3.8) is 0 Å². The molecule has 0 radical (unpaired) electrons. The Labute approximate surface area is 168 Å². The number of pyridine rings is 1. The van der Waals surface area contributed by atoms with Gasteiger partial charge in [0.1, 0.15) is 11.6 Å². The lowest BCUT2D eigenvalue weighted by Gasteiger charge is -2.29. The Balaban J connectivity index is 1.78. The van der Waals surface area contributed by atoms with E-state index < -0.39 is 32.6 Å².